The fraction of sp³-hybridized carbons (Fsp3) is 0.308. The zero-order valence-electron chi connectivity index (χ0n) is 21.0. The van der Waals surface area contributed by atoms with Crippen molar-refractivity contribution in [3.63, 3.8) is 0 Å². The normalized spacial score (nSPS) is 12.4. The predicted octanol–water partition coefficient (Wildman–Crippen LogP) is 2.63. The molecule has 0 aromatic heterocycles. The van der Waals surface area contributed by atoms with Gasteiger partial charge in [-0.2, -0.15) is 13.2 Å². The summed E-state index contributed by atoms with van der Waals surface area (Å²) in [4.78, 5) is 48.9. The van der Waals surface area contributed by atoms with E-state index in [1.807, 2.05) is 0 Å². The molecular formula is C26H27F3N4O5S2. The molecule has 0 radical (unpaired) electrons. The van der Waals surface area contributed by atoms with Crippen molar-refractivity contribution in [1.82, 2.24) is 16.0 Å². The predicted molar refractivity (Wildman–Crippen MR) is 149 cm³/mol. The molecule has 0 bridgehead atoms. The van der Waals surface area contributed by atoms with E-state index in [1.54, 1.807) is 60.7 Å². The average molecular weight is 597 g/mol. The molecule has 2 atom stereocenters. The number of nitrogens with two attached hydrogens (primary N) is 1. The van der Waals surface area contributed by atoms with Crippen LogP contribution in [0.15, 0.2) is 60.7 Å². The lowest BCUT2D eigenvalue weighted by molar-refractivity contribution is -0.204. The van der Waals surface area contributed by atoms with Gasteiger partial charge in [0.05, 0.1) is 29.4 Å². The van der Waals surface area contributed by atoms with Crippen molar-refractivity contribution < 1.29 is 37.1 Å². The lowest BCUT2D eigenvalue weighted by Gasteiger charge is -2.22. The van der Waals surface area contributed by atoms with Crippen molar-refractivity contribution in [3.8, 4) is 0 Å². The highest BCUT2D eigenvalue weighted by Gasteiger charge is 2.42. The van der Waals surface area contributed by atoms with Gasteiger partial charge in [-0.25, -0.2) is 4.79 Å². The summed E-state index contributed by atoms with van der Waals surface area (Å²) in [5.41, 5.74) is 6.28. The molecule has 214 valence electrons. The maximum absolute atomic E-state index is 12.8. The van der Waals surface area contributed by atoms with Crippen molar-refractivity contribution in [3.05, 3.63) is 71.8 Å². The maximum atomic E-state index is 12.8. The van der Waals surface area contributed by atoms with E-state index in [2.05, 4.69) is 20.7 Å². The molecule has 0 aliphatic carbocycles. The molecular weight excluding hydrogens is 569 g/mol. The first-order valence-electron chi connectivity index (χ1n) is 11.9. The van der Waals surface area contributed by atoms with Crippen LogP contribution in [0.2, 0.25) is 0 Å². The van der Waals surface area contributed by atoms with Gasteiger partial charge in [0.25, 0.3) is 0 Å². The SMILES string of the molecule is NC(CNC(=O)C(CCNC(=S)CC(=O)c1ccccc1)NC(=S)CC(=O)c1ccccc1)OC(=O)C(F)(F)F. The number of ether oxygens (including phenoxy) is 1. The van der Waals surface area contributed by atoms with E-state index in [0.717, 1.165) is 0 Å². The Kier molecular flexibility index (Phi) is 12.8. The summed E-state index contributed by atoms with van der Waals surface area (Å²) >= 11 is 10.5. The number of carbonyl (C=O) groups is 4. The van der Waals surface area contributed by atoms with Gasteiger partial charge in [0, 0.05) is 17.7 Å². The van der Waals surface area contributed by atoms with Gasteiger partial charge in [-0.3, -0.25) is 20.1 Å². The van der Waals surface area contributed by atoms with Gasteiger partial charge in [0.2, 0.25) is 5.91 Å². The summed E-state index contributed by atoms with van der Waals surface area (Å²) in [5, 5.41) is 7.94. The van der Waals surface area contributed by atoms with Crippen molar-refractivity contribution in [2.45, 2.75) is 37.7 Å². The van der Waals surface area contributed by atoms with E-state index in [4.69, 9.17) is 30.2 Å². The summed E-state index contributed by atoms with van der Waals surface area (Å²) < 4.78 is 41.2. The van der Waals surface area contributed by atoms with Crippen LogP contribution in [-0.4, -0.2) is 65.0 Å². The second-order valence-corrected chi connectivity index (χ2v) is 9.36. The number of benzene rings is 2. The Bertz CT molecular complexity index is 1210. The third kappa shape index (κ3) is 11.6. The maximum Gasteiger partial charge on any atom is 0.490 e. The summed E-state index contributed by atoms with van der Waals surface area (Å²) in [6.45, 7) is -0.512. The van der Waals surface area contributed by atoms with Crippen LogP contribution in [0.5, 0.6) is 0 Å². The Hall–Kier alpha value is -3.75. The van der Waals surface area contributed by atoms with Crippen molar-refractivity contribution in [2.24, 2.45) is 5.73 Å². The van der Waals surface area contributed by atoms with Crippen LogP contribution < -0.4 is 21.7 Å². The third-order valence-electron chi connectivity index (χ3n) is 5.21. The molecule has 9 nitrogen and oxygen atoms in total. The minimum Gasteiger partial charge on any atom is -0.438 e. The molecule has 2 aromatic rings. The minimum atomic E-state index is -5.24. The molecule has 0 saturated carbocycles. The van der Waals surface area contributed by atoms with Gasteiger partial charge in [0.15, 0.2) is 17.8 Å². The number of halogens is 3. The Morgan fingerprint density at radius 3 is 1.82 bits per heavy atom. The Labute approximate surface area is 239 Å². The smallest absolute Gasteiger partial charge is 0.438 e. The molecule has 0 saturated heterocycles. The van der Waals surface area contributed by atoms with Gasteiger partial charge >= 0.3 is 12.1 Å². The number of ketones is 2. The van der Waals surface area contributed by atoms with Gasteiger partial charge in [-0.05, 0) is 6.42 Å². The van der Waals surface area contributed by atoms with Crippen LogP contribution in [-0.2, 0) is 14.3 Å². The van der Waals surface area contributed by atoms with Crippen LogP contribution in [0.25, 0.3) is 0 Å². The first-order chi connectivity index (χ1) is 18.9. The van der Waals surface area contributed by atoms with Crippen LogP contribution in [0.1, 0.15) is 40.0 Å². The lowest BCUT2D eigenvalue weighted by atomic mass is 10.1. The molecule has 0 heterocycles. The fourth-order valence-electron chi connectivity index (χ4n) is 3.25. The molecule has 0 aliphatic heterocycles. The second-order valence-electron chi connectivity index (χ2n) is 8.38. The number of esters is 1. The van der Waals surface area contributed by atoms with Crippen LogP contribution in [0, 0.1) is 0 Å². The number of alkyl halides is 3. The van der Waals surface area contributed by atoms with E-state index >= 15 is 0 Å². The highest BCUT2D eigenvalue weighted by Crippen LogP contribution is 2.16. The molecule has 14 heteroatoms. The number of thiocarbonyl (C=S) groups is 2. The van der Waals surface area contributed by atoms with Crippen molar-refractivity contribution in [2.75, 3.05) is 13.1 Å². The molecule has 2 aromatic carbocycles. The molecule has 0 aliphatic rings. The number of amides is 1. The monoisotopic (exact) mass is 596 g/mol. The number of hydrogen-bond acceptors (Lipinski definition) is 8. The molecule has 1 amide bonds. The molecule has 2 unspecified atom stereocenters. The van der Waals surface area contributed by atoms with Gasteiger partial charge in [-0.15, -0.1) is 0 Å². The first kappa shape index (κ1) is 32.5. The molecule has 0 spiro atoms. The topological polar surface area (TPSA) is 140 Å². The summed E-state index contributed by atoms with van der Waals surface area (Å²) in [5.74, 6) is -3.72. The molecule has 5 N–H and O–H groups in total. The third-order valence-corrected chi connectivity index (χ3v) is 5.76. The molecule has 0 fully saturated rings. The lowest BCUT2D eigenvalue weighted by Crippen LogP contribution is -2.51. The zero-order chi connectivity index (χ0) is 29.7. The quantitative estimate of drug-likeness (QED) is 0.111. The van der Waals surface area contributed by atoms with E-state index in [-0.39, 0.29) is 47.4 Å². The highest BCUT2D eigenvalue weighted by molar-refractivity contribution is 7.80. The van der Waals surface area contributed by atoms with Crippen LogP contribution >= 0.6 is 24.4 Å². The van der Waals surface area contributed by atoms with Gasteiger partial charge in [-0.1, -0.05) is 85.1 Å². The summed E-state index contributed by atoms with van der Waals surface area (Å²) in [6.07, 6.45) is -7.23. The number of carbonyl (C=O) groups excluding carboxylic acids is 4. The average Bonchev–Trinajstić information content (AvgIpc) is 2.91. The Balaban J connectivity index is 1.96. The Morgan fingerprint density at radius 2 is 1.32 bits per heavy atom. The van der Waals surface area contributed by atoms with Crippen LogP contribution in [0.3, 0.4) is 0 Å². The van der Waals surface area contributed by atoms with E-state index in [9.17, 15) is 32.3 Å². The van der Waals surface area contributed by atoms with Gasteiger partial charge in [0.1, 0.15) is 6.04 Å². The van der Waals surface area contributed by atoms with Crippen molar-refractivity contribution >= 4 is 57.9 Å². The second kappa shape index (κ2) is 15.7. The molecule has 2 rings (SSSR count). The number of rotatable bonds is 14. The van der Waals surface area contributed by atoms with Crippen LogP contribution in [0.4, 0.5) is 13.2 Å². The Morgan fingerprint density at radius 1 is 0.825 bits per heavy atom. The summed E-state index contributed by atoms with van der Waals surface area (Å²) in [7, 11) is 0. The summed E-state index contributed by atoms with van der Waals surface area (Å²) in [6, 6.07) is 15.8. The number of hydrogen-bond donors (Lipinski definition) is 4. The first-order valence-corrected chi connectivity index (χ1v) is 12.7. The highest BCUT2D eigenvalue weighted by atomic mass is 32.1. The zero-order valence-corrected chi connectivity index (χ0v) is 22.7. The van der Waals surface area contributed by atoms with Gasteiger partial charge < -0.3 is 20.7 Å². The van der Waals surface area contributed by atoms with E-state index < -0.39 is 36.9 Å². The standard InChI is InChI=1S/C26H27F3N4O5S2/c27-26(28,29)25(37)38-21(30)15-32-24(36)18(33-23(40)14-20(35)17-9-5-2-6-10-17)11-12-31-22(39)13-19(34)16-7-3-1-4-8-16/h1-10,18,21H,11-15,30H2,(H,31,39)(H,32,36)(H,33,40). The number of nitrogens with one attached hydrogen (secondary N) is 3. The van der Waals surface area contributed by atoms with Crippen molar-refractivity contribution in [1.29, 1.82) is 0 Å². The van der Waals surface area contributed by atoms with E-state index in [1.165, 1.54) is 0 Å². The minimum absolute atomic E-state index is 0.0444. The van der Waals surface area contributed by atoms with E-state index in [0.29, 0.717) is 11.1 Å². The fourth-order valence-corrected chi connectivity index (χ4v) is 3.75. The largest absolute Gasteiger partial charge is 0.490 e. The number of Topliss-reactive ketones (excluding diaryl/α,β-unsaturated/α-hetero) is 2. The molecule has 40 heavy (non-hydrogen) atoms.